The maximum absolute atomic E-state index is 12.0. The number of carbonyl (C=O) groups excluding carboxylic acids is 2. The summed E-state index contributed by atoms with van der Waals surface area (Å²) in [5.41, 5.74) is 5.24. The number of fused-ring (bicyclic) bond motifs is 1. The second kappa shape index (κ2) is 10.4. The minimum absolute atomic E-state index is 0.102. The topological polar surface area (TPSA) is 123 Å². The molecule has 4 heterocycles. The van der Waals surface area contributed by atoms with Gasteiger partial charge in [0.25, 0.3) is 5.91 Å². The molecular weight excluding hydrogens is 470 g/mol. The van der Waals surface area contributed by atoms with Crippen molar-refractivity contribution in [3.63, 3.8) is 0 Å². The zero-order valence-corrected chi connectivity index (χ0v) is 20.7. The number of hydrogen-bond donors (Lipinski definition) is 2. The minimum Gasteiger partial charge on any atom is -0.489 e. The second-order valence-electron chi connectivity index (χ2n) is 9.54. The molecule has 0 bridgehead atoms. The lowest BCUT2D eigenvalue weighted by Gasteiger charge is -2.33. The first kappa shape index (κ1) is 24.5. The number of pyridine rings is 1. The van der Waals surface area contributed by atoms with Crippen LogP contribution in [0.15, 0.2) is 42.7 Å². The Morgan fingerprint density at radius 2 is 2.08 bits per heavy atom. The van der Waals surface area contributed by atoms with Crippen LogP contribution in [0.3, 0.4) is 0 Å². The van der Waals surface area contributed by atoms with Gasteiger partial charge in [-0.25, -0.2) is 4.98 Å². The van der Waals surface area contributed by atoms with Crippen molar-refractivity contribution >= 4 is 28.9 Å². The number of piperidine rings is 1. The highest BCUT2D eigenvalue weighted by molar-refractivity contribution is 5.95. The van der Waals surface area contributed by atoms with Crippen LogP contribution in [-0.2, 0) is 9.59 Å². The molecular formula is C28H29N5O4. The number of aromatic amines is 1. The van der Waals surface area contributed by atoms with Crippen LogP contribution in [-0.4, -0.2) is 75.6 Å². The van der Waals surface area contributed by atoms with E-state index in [0.29, 0.717) is 50.3 Å². The first-order chi connectivity index (χ1) is 18.0. The summed E-state index contributed by atoms with van der Waals surface area (Å²) in [6, 6.07) is 9.97. The van der Waals surface area contributed by atoms with Crippen molar-refractivity contribution in [1.82, 2.24) is 19.8 Å². The number of likely N-dealkylation sites (tertiary alicyclic amines) is 1. The molecule has 9 nitrogen and oxygen atoms in total. The average Bonchev–Trinajstić information content (AvgIpc) is 3.36. The molecule has 190 valence electrons. The van der Waals surface area contributed by atoms with Crippen molar-refractivity contribution in [2.24, 2.45) is 0 Å². The molecule has 1 saturated heterocycles. The number of nitrogens with zero attached hydrogens (tertiary/aromatic N) is 4. The maximum atomic E-state index is 12.0. The van der Waals surface area contributed by atoms with Gasteiger partial charge in [-0.15, -0.1) is 0 Å². The first-order valence-corrected chi connectivity index (χ1v) is 12.5. The third kappa shape index (κ3) is 5.06. The number of carbonyl (C=O) groups is 2. The molecule has 2 aliphatic heterocycles. The highest BCUT2D eigenvalue weighted by Gasteiger charge is 2.26. The molecule has 1 aromatic carbocycles. The van der Waals surface area contributed by atoms with Crippen LogP contribution in [0, 0.1) is 11.3 Å². The number of hydrogen-bond acceptors (Lipinski definition) is 6. The molecule has 2 N–H and O–H groups in total. The zero-order valence-electron chi connectivity index (χ0n) is 20.7. The Kier molecular flexibility index (Phi) is 6.93. The Balaban J connectivity index is 1.35. The zero-order chi connectivity index (χ0) is 25.9. The summed E-state index contributed by atoms with van der Waals surface area (Å²) in [7, 11) is 0. The van der Waals surface area contributed by atoms with Gasteiger partial charge in [0.15, 0.2) is 0 Å². The van der Waals surface area contributed by atoms with Gasteiger partial charge in [-0.05, 0) is 48.2 Å². The Hall–Kier alpha value is -4.16. The molecule has 5 rings (SSSR count). The van der Waals surface area contributed by atoms with E-state index in [1.807, 2.05) is 30.6 Å². The number of rotatable bonds is 6. The summed E-state index contributed by atoms with van der Waals surface area (Å²) in [6.45, 7) is 3.80. The number of aromatic nitrogens is 2. The van der Waals surface area contributed by atoms with Gasteiger partial charge in [-0.3, -0.25) is 9.59 Å². The number of aliphatic hydroxyl groups is 1. The van der Waals surface area contributed by atoms with Crippen LogP contribution in [0.5, 0.6) is 5.75 Å². The molecule has 1 fully saturated rings. The lowest BCUT2D eigenvalue weighted by Crippen LogP contribution is -2.45. The lowest BCUT2D eigenvalue weighted by atomic mass is 9.98. The third-order valence-electron chi connectivity index (χ3n) is 7.11. The molecule has 0 aliphatic carbocycles. The summed E-state index contributed by atoms with van der Waals surface area (Å²) in [6.07, 6.45) is 7.65. The smallest absolute Gasteiger partial charge is 0.251 e. The highest BCUT2D eigenvalue weighted by atomic mass is 16.5. The maximum Gasteiger partial charge on any atom is 0.251 e. The summed E-state index contributed by atoms with van der Waals surface area (Å²) < 4.78 is 6.16. The number of H-pyrrole nitrogens is 1. The van der Waals surface area contributed by atoms with Crippen LogP contribution >= 0.6 is 0 Å². The Morgan fingerprint density at radius 1 is 1.27 bits per heavy atom. The number of nitriles is 1. The van der Waals surface area contributed by atoms with E-state index >= 15 is 0 Å². The fourth-order valence-electron chi connectivity index (χ4n) is 4.99. The van der Waals surface area contributed by atoms with Gasteiger partial charge >= 0.3 is 0 Å². The largest absolute Gasteiger partial charge is 0.489 e. The van der Waals surface area contributed by atoms with Crippen molar-refractivity contribution < 1.29 is 19.4 Å². The fraction of sp³-hybridized carbons (Fsp3) is 0.357. The molecule has 3 aromatic rings. The molecule has 0 radical (unpaired) electrons. The molecule has 2 aliphatic rings. The van der Waals surface area contributed by atoms with E-state index in [0.717, 1.165) is 40.6 Å². The van der Waals surface area contributed by atoms with E-state index < -0.39 is 6.10 Å². The van der Waals surface area contributed by atoms with Crippen molar-refractivity contribution in [2.75, 3.05) is 26.2 Å². The number of amides is 2. The van der Waals surface area contributed by atoms with Gasteiger partial charge < -0.3 is 24.6 Å². The van der Waals surface area contributed by atoms with Gasteiger partial charge in [-0.1, -0.05) is 12.1 Å². The molecule has 0 saturated carbocycles. The summed E-state index contributed by atoms with van der Waals surface area (Å²) in [5, 5.41) is 20.3. The molecule has 1 atom stereocenters. The number of benzene rings is 1. The SMILES string of the molecule is CC(O)C(=O)N1CCC(Oc2ccc(-c3c[nH]c4ncc(C5=CCN(C=O)CC5)cc34)cc2C#N)CC1. The highest BCUT2D eigenvalue weighted by Crippen LogP contribution is 2.34. The van der Waals surface area contributed by atoms with Gasteiger partial charge in [0.2, 0.25) is 6.41 Å². The van der Waals surface area contributed by atoms with E-state index in [1.165, 1.54) is 12.5 Å². The van der Waals surface area contributed by atoms with Gasteiger partial charge in [0, 0.05) is 62.4 Å². The predicted molar refractivity (Wildman–Crippen MR) is 138 cm³/mol. The quantitative estimate of drug-likeness (QED) is 0.503. The van der Waals surface area contributed by atoms with E-state index in [4.69, 9.17) is 4.74 Å². The Labute approximate surface area is 215 Å². The van der Waals surface area contributed by atoms with Gasteiger partial charge in [0.05, 0.1) is 5.56 Å². The van der Waals surface area contributed by atoms with Crippen LogP contribution < -0.4 is 4.74 Å². The van der Waals surface area contributed by atoms with E-state index in [-0.39, 0.29) is 12.0 Å². The third-order valence-corrected chi connectivity index (χ3v) is 7.11. The van der Waals surface area contributed by atoms with Crippen LogP contribution in [0.25, 0.3) is 27.7 Å². The van der Waals surface area contributed by atoms with E-state index in [1.54, 1.807) is 9.80 Å². The number of ether oxygens (including phenoxy) is 1. The van der Waals surface area contributed by atoms with Crippen LogP contribution in [0.4, 0.5) is 0 Å². The van der Waals surface area contributed by atoms with Crippen molar-refractivity contribution in [1.29, 1.82) is 5.26 Å². The molecule has 2 aromatic heterocycles. The van der Waals surface area contributed by atoms with Gasteiger partial charge in [0.1, 0.15) is 29.7 Å². The van der Waals surface area contributed by atoms with Crippen molar-refractivity contribution in [2.45, 2.75) is 38.4 Å². The Morgan fingerprint density at radius 3 is 2.76 bits per heavy atom. The molecule has 9 heteroatoms. The minimum atomic E-state index is -1.00. The predicted octanol–water partition coefficient (Wildman–Crippen LogP) is 3.10. The van der Waals surface area contributed by atoms with Crippen molar-refractivity contribution in [3.05, 3.63) is 53.9 Å². The molecule has 1 unspecified atom stereocenters. The first-order valence-electron chi connectivity index (χ1n) is 12.5. The summed E-state index contributed by atoms with van der Waals surface area (Å²) >= 11 is 0. The second-order valence-corrected chi connectivity index (χ2v) is 9.54. The molecule has 0 spiro atoms. The molecule has 2 amide bonds. The van der Waals surface area contributed by atoms with Crippen LogP contribution in [0.1, 0.15) is 37.3 Å². The standard InChI is InChI=1S/C28H29N5O4/c1-18(35)28(36)33-10-6-23(7-11-33)37-26-3-2-20(12-21(26)14-29)25-16-31-27-24(25)13-22(15-30-27)19-4-8-32(17-34)9-5-19/h2-4,12-13,15-18,23,35H,5-11H2,1H3,(H,30,31). The Bertz CT molecular complexity index is 1400. The van der Waals surface area contributed by atoms with Crippen molar-refractivity contribution in [3.8, 4) is 22.9 Å². The monoisotopic (exact) mass is 499 g/mol. The van der Waals surface area contributed by atoms with Crippen LogP contribution in [0.2, 0.25) is 0 Å². The molecule has 37 heavy (non-hydrogen) atoms. The van der Waals surface area contributed by atoms with Gasteiger partial charge in [-0.2, -0.15) is 5.26 Å². The fourth-order valence-corrected chi connectivity index (χ4v) is 4.99. The summed E-state index contributed by atoms with van der Waals surface area (Å²) in [5.74, 6) is 0.261. The average molecular weight is 500 g/mol. The number of nitrogens with one attached hydrogen (secondary N) is 1. The lowest BCUT2D eigenvalue weighted by molar-refractivity contribution is -0.141. The number of aliphatic hydroxyl groups excluding tert-OH is 1. The normalized spacial score (nSPS) is 17.3. The summed E-state index contributed by atoms with van der Waals surface area (Å²) in [4.78, 5) is 34.2. The van der Waals surface area contributed by atoms with E-state index in [9.17, 15) is 20.0 Å². The van der Waals surface area contributed by atoms with E-state index in [2.05, 4.69) is 28.2 Å².